The van der Waals surface area contributed by atoms with E-state index < -0.39 is 0 Å². The second-order valence-electron chi connectivity index (χ2n) is 7.10. The van der Waals surface area contributed by atoms with Crippen LogP contribution in [0.1, 0.15) is 6.42 Å². The Morgan fingerprint density at radius 1 is 1.00 bits per heavy atom. The number of allylic oxidation sites excluding steroid dienone is 2. The maximum atomic E-state index is 12.8. The van der Waals surface area contributed by atoms with E-state index in [9.17, 15) is 9.59 Å². The van der Waals surface area contributed by atoms with Crippen LogP contribution in [0.5, 0.6) is 0 Å². The topological polar surface area (TPSA) is 49.4 Å². The van der Waals surface area contributed by atoms with E-state index in [4.69, 9.17) is 0 Å². The maximum absolute atomic E-state index is 12.8. The Bertz CT molecular complexity index is 693. The zero-order chi connectivity index (χ0) is 15.7. The SMILES string of the molecule is O=C1[C@H]2[C@@H]3C=C[C@H]([C@H]4C[C@H]34)[C@@H]2C(=O)N1CNc1ccc(Br)cc1. The second kappa shape index (κ2) is 4.69. The van der Waals surface area contributed by atoms with E-state index >= 15 is 0 Å². The molecule has 2 amide bonds. The number of carbonyl (C=O) groups is 2. The number of imide groups is 1. The molecule has 4 nitrogen and oxygen atoms in total. The van der Waals surface area contributed by atoms with Gasteiger partial charge in [0, 0.05) is 10.2 Å². The molecule has 6 rings (SSSR count). The minimum Gasteiger partial charge on any atom is -0.367 e. The average molecular weight is 373 g/mol. The number of hydrogen-bond donors (Lipinski definition) is 1. The van der Waals surface area contributed by atoms with Crippen molar-refractivity contribution < 1.29 is 9.59 Å². The molecule has 1 aromatic carbocycles. The summed E-state index contributed by atoms with van der Waals surface area (Å²) in [5, 5.41) is 3.20. The van der Waals surface area contributed by atoms with Gasteiger partial charge in [0.2, 0.25) is 11.8 Å². The smallest absolute Gasteiger partial charge is 0.235 e. The lowest BCUT2D eigenvalue weighted by molar-refractivity contribution is -0.139. The van der Waals surface area contributed by atoms with E-state index in [0.717, 1.165) is 10.2 Å². The Kier molecular flexibility index (Phi) is 2.81. The number of rotatable bonds is 3. The van der Waals surface area contributed by atoms with Gasteiger partial charge in [-0.2, -0.15) is 0 Å². The van der Waals surface area contributed by atoms with Crippen molar-refractivity contribution in [3.63, 3.8) is 0 Å². The van der Waals surface area contributed by atoms with E-state index in [-0.39, 0.29) is 30.3 Å². The average Bonchev–Trinajstić information content (AvgIpc) is 3.33. The van der Waals surface area contributed by atoms with Crippen LogP contribution in [-0.4, -0.2) is 23.4 Å². The zero-order valence-corrected chi connectivity index (χ0v) is 14.1. The predicted octanol–water partition coefficient (Wildman–Crippen LogP) is 2.87. The van der Waals surface area contributed by atoms with Crippen molar-refractivity contribution >= 4 is 33.4 Å². The van der Waals surface area contributed by atoms with Gasteiger partial charge >= 0.3 is 0 Å². The van der Waals surface area contributed by atoms with Gasteiger partial charge in [-0.3, -0.25) is 14.5 Å². The molecule has 3 fully saturated rings. The quantitative estimate of drug-likeness (QED) is 0.655. The molecule has 118 valence electrons. The Morgan fingerprint density at radius 3 is 2.13 bits per heavy atom. The molecule has 2 bridgehead atoms. The van der Waals surface area contributed by atoms with E-state index in [2.05, 4.69) is 33.4 Å². The van der Waals surface area contributed by atoms with Crippen molar-refractivity contribution in [2.75, 3.05) is 12.0 Å². The van der Waals surface area contributed by atoms with Crippen molar-refractivity contribution in [1.29, 1.82) is 0 Å². The molecule has 1 aromatic rings. The second-order valence-corrected chi connectivity index (χ2v) is 8.02. The van der Waals surface area contributed by atoms with Crippen LogP contribution < -0.4 is 5.32 Å². The summed E-state index contributed by atoms with van der Waals surface area (Å²) in [6.45, 7) is 0.265. The lowest BCUT2D eigenvalue weighted by atomic mass is 9.63. The van der Waals surface area contributed by atoms with Crippen molar-refractivity contribution in [3.8, 4) is 0 Å². The fourth-order valence-electron chi connectivity index (χ4n) is 4.91. The number of benzene rings is 1. The summed E-state index contributed by atoms with van der Waals surface area (Å²) in [6.07, 6.45) is 5.61. The molecule has 6 atom stereocenters. The third kappa shape index (κ3) is 1.89. The third-order valence-corrected chi connectivity index (χ3v) is 6.57. The molecule has 2 saturated carbocycles. The number of carbonyl (C=O) groups excluding carboxylic acids is 2. The summed E-state index contributed by atoms with van der Waals surface area (Å²) in [7, 11) is 0. The standard InChI is InChI=1S/C18H17BrN2O2/c19-9-1-3-10(4-2-9)20-8-21-17(22)15-11-5-6-12(14-7-13(11)14)16(15)18(21)23/h1-6,11-16,20H,7-8H2/t11-,12-,13-,14-,15+,16+/m1/s1. The zero-order valence-electron chi connectivity index (χ0n) is 12.5. The number of halogens is 1. The Balaban J connectivity index is 1.36. The highest BCUT2D eigenvalue weighted by Gasteiger charge is 2.66. The highest BCUT2D eigenvalue weighted by atomic mass is 79.9. The van der Waals surface area contributed by atoms with Gasteiger partial charge in [-0.25, -0.2) is 0 Å². The first-order valence-corrected chi connectivity index (χ1v) is 8.97. The molecule has 0 spiro atoms. The lowest BCUT2D eigenvalue weighted by Crippen LogP contribution is -2.40. The molecule has 1 heterocycles. The highest BCUT2D eigenvalue weighted by molar-refractivity contribution is 9.10. The number of nitrogens with zero attached hydrogens (tertiary/aromatic N) is 1. The van der Waals surface area contributed by atoms with Gasteiger partial charge in [0.25, 0.3) is 0 Å². The number of anilines is 1. The van der Waals surface area contributed by atoms with Crippen LogP contribution >= 0.6 is 15.9 Å². The fourth-order valence-corrected chi connectivity index (χ4v) is 5.18. The number of nitrogens with one attached hydrogen (secondary N) is 1. The molecule has 5 aliphatic rings. The van der Waals surface area contributed by atoms with Crippen molar-refractivity contribution in [2.45, 2.75) is 6.42 Å². The minimum atomic E-state index is -0.104. The first-order chi connectivity index (χ1) is 11.1. The van der Waals surface area contributed by atoms with Gasteiger partial charge in [0.1, 0.15) is 0 Å². The van der Waals surface area contributed by atoms with Crippen LogP contribution in [0.15, 0.2) is 40.9 Å². The lowest BCUT2D eigenvalue weighted by Gasteiger charge is -2.37. The van der Waals surface area contributed by atoms with Crippen LogP contribution in [0.25, 0.3) is 0 Å². The van der Waals surface area contributed by atoms with Crippen LogP contribution in [-0.2, 0) is 9.59 Å². The minimum absolute atomic E-state index is 0.0225. The molecule has 5 heteroatoms. The van der Waals surface area contributed by atoms with Crippen LogP contribution in [0.4, 0.5) is 5.69 Å². The Morgan fingerprint density at radius 2 is 1.57 bits per heavy atom. The molecular formula is C18H17BrN2O2. The number of amides is 2. The number of likely N-dealkylation sites (tertiary alicyclic amines) is 1. The normalized spacial score (nSPS) is 39.4. The molecule has 23 heavy (non-hydrogen) atoms. The first-order valence-electron chi connectivity index (χ1n) is 8.18. The van der Waals surface area contributed by atoms with Crippen molar-refractivity contribution in [1.82, 2.24) is 4.90 Å². The first kappa shape index (κ1) is 13.8. The molecule has 0 aromatic heterocycles. The van der Waals surface area contributed by atoms with Crippen LogP contribution in [0.2, 0.25) is 0 Å². The van der Waals surface area contributed by atoms with Crippen molar-refractivity contribution in [3.05, 3.63) is 40.9 Å². The number of hydrogen-bond acceptors (Lipinski definition) is 3. The fraction of sp³-hybridized carbons (Fsp3) is 0.444. The van der Waals surface area contributed by atoms with Gasteiger partial charge in [-0.1, -0.05) is 28.1 Å². The molecule has 0 radical (unpaired) electrons. The van der Waals surface area contributed by atoms with Gasteiger partial charge in [-0.05, 0) is 54.4 Å². The summed E-state index contributed by atoms with van der Waals surface area (Å²) in [5.74, 6) is 1.74. The molecule has 0 unspecified atom stereocenters. The summed E-state index contributed by atoms with van der Waals surface area (Å²) < 4.78 is 1.00. The molecule has 1 N–H and O–H groups in total. The summed E-state index contributed by atoms with van der Waals surface area (Å²) in [4.78, 5) is 27.0. The molecular weight excluding hydrogens is 356 g/mol. The van der Waals surface area contributed by atoms with Gasteiger partial charge in [0.05, 0.1) is 18.5 Å². The summed E-state index contributed by atoms with van der Waals surface area (Å²) in [5.41, 5.74) is 0.910. The molecule has 4 aliphatic carbocycles. The summed E-state index contributed by atoms with van der Waals surface area (Å²) >= 11 is 3.40. The van der Waals surface area contributed by atoms with Crippen LogP contribution in [0, 0.1) is 35.5 Å². The third-order valence-electron chi connectivity index (χ3n) is 6.04. The van der Waals surface area contributed by atoms with E-state index in [1.54, 1.807) is 0 Å². The summed E-state index contributed by atoms with van der Waals surface area (Å²) in [6, 6.07) is 7.74. The highest BCUT2D eigenvalue weighted by Crippen LogP contribution is 2.65. The van der Waals surface area contributed by atoms with Gasteiger partial charge < -0.3 is 5.32 Å². The monoisotopic (exact) mass is 372 g/mol. The van der Waals surface area contributed by atoms with Crippen LogP contribution in [0.3, 0.4) is 0 Å². The Labute approximate surface area is 143 Å². The molecule has 1 aliphatic heterocycles. The van der Waals surface area contributed by atoms with Gasteiger partial charge in [0.15, 0.2) is 0 Å². The van der Waals surface area contributed by atoms with Gasteiger partial charge in [-0.15, -0.1) is 0 Å². The maximum Gasteiger partial charge on any atom is 0.235 e. The predicted molar refractivity (Wildman–Crippen MR) is 89.2 cm³/mol. The van der Waals surface area contributed by atoms with Crippen molar-refractivity contribution in [2.24, 2.45) is 35.5 Å². The van der Waals surface area contributed by atoms with E-state index in [1.807, 2.05) is 24.3 Å². The molecule has 1 saturated heterocycles. The largest absolute Gasteiger partial charge is 0.367 e. The van der Waals surface area contributed by atoms with E-state index in [0.29, 0.717) is 23.7 Å². The Hall–Kier alpha value is -1.62. The van der Waals surface area contributed by atoms with E-state index in [1.165, 1.54) is 11.3 Å².